The van der Waals surface area contributed by atoms with Crippen LogP contribution in [0.2, 0.25) is 0 Å². The zero-order valence-electron chi connectivity index (χ0n) is 15.5. The van der Waals surface area contributed by atoms with E-state index in [1.807, 2.05) is 0 Å². The van der Waals surface area contributed by atoms with Gasteiger partial charge in [0, 0.05) is 37.0 Å². The molecule has 6 nitrogen and oxygen atoms in total. The summed E-state index contributed by atoms with van der Waals surface area (Å²) in [7, 11) is 0. The Labute approximate surface area is 159 Å². The number of carbonyl (C=O) groups excluding carboxylic acids is 1. The minimum atomic E-state index is 0.0437. The highest BCUT2D eigenvalue weighted by Crippen LogP contribution is 2.37. The zero-order valence-corrected chi connectivity index (χ0v) is 16.3. The van der Waals surface area contributed by atoms with Gasteiger partial charge in [-0.2, -0.15) is 0 Å². The van der Waals surface area contributed by atoms with Gasteiger partial charge in [0.1, 0.15) is 13.2 Å². The summed E-state index contributed by atoms with van der Waals surface area (Å²) in [5.74, 6) is 1.73. The Morgan fingerprint density at radius 2 is 2.08 bits per heavy atom. The Hall–Kier alpha value is -1.44. The van der Waals surface area contributed by atoms with E-state index in [1.54, 1.807) is 11.8 Å². The number of amides is 1. The highest BCUT2D eigenvalue weighted by Gasteiger charge is 2.25. The summed E-state index contributed by atoms with van der Waals surface area (Å²) < 4.78 is 11.5. The van der Waals surface area contributed by atoms with Crippen molar-refractivity contribution in [2.24, 2.45) is 5.73 Å². The normalized spacial score (nSPS) is 20.0. The highest BCUT2D eigenvalue weighted by atomic mass is 32.2. The first-order valence-corrected chi connectivity index (χ1v) is 10.6. The van der Waals surface area contributed by atoms with Crippen molar-refractivity contribution in [1.29, 1.82) is 0 Å². The summed E-state index contributed by atoms with van der Waals surface area (Å²) in [6, 6.07) is 4.59. The van der Waals surface area contributed by atoms with Crippen molar-refractivity contribution in [2.45, 2.75) is 43.2 Å². The third kappa shape index (κ3) is 4.84. The summed E-state index contributed by atoms with van der Waals surface area (Å²) in [4.78, 5) is 15.5. The first-order chi connectivity index (χ1) is 12.7. The van der Waals surface area contributed by atoms with Gasteiger partial charge in [-0.1, -0.05) is 6.42 Å². The molecule has 1 aromatic rings. The summed E-state index contributed by atoms with van der Waals surface area (Å²) in [5.41, 5.74) is 6.73. The van der Waals surface area contributed by atoms with Crippen LogP contribution in [-0.2, 0) is 11.3 Å². The SMILES string of the molecule is CSc1cc2c(cc1CN1CCCCC1CNC(=O)CCN)OCCO2. The van der Waals surface area contributed by atoms with Gasteiger partial charge in [0.15, 0.2) is 11.5 Å². The summed E-state index contributed by atoms with van der Waals surface area (Å²) >= 11 is 1.74. The second-order valence-electron chi connectivity index (χ2n) is 6.77. The van der Waals surface area contributed by atoms with Gasteiger partial charge in [0.05, 0.1) is 0 Å². The second-order valence-corrected chi connectivity index (χ2v) is 7.62. The maximum Gasteiger partial charge on any atom is 0.221 e. The topological polar surface area (TPSA) is 76.8 Å². The molecule has 0 spiro atoms. The van der Waals surface area contributed by atoms with E-state index in [-0.39, 0.29) is 5.91 Å². The van der Waals surface area contributed by atoms with Gasteiger partial charge in [-0.05, 0) is 43.3 Å². The number of piperidine rings is 1. The number of rotatable bonds is 7. The van der Waals surface area contributed by atoms with Crippen molar-refractivity contribution in [1.82, 2.24) is 10.2 Å². The quantitative estimate of drug-likeness (QED) is 0.706. The van der Waals surface area contributed by atoms with Crippen LogP contribution in [0.3, 0.4) is 0 Å². The van der Waals surface area contributed by atoms with Crippen LogP contribution in [0.4, 0.5) is 0 Å². The van der Waals surface area contributed by atoms with Crippen molar-refractivity contribution in [2.75, 3.05) is 39.1 Å². The van der Waals surface area contributed by atoms with E-state index in [1.165, 1.54) is 23.3 Å². The molecule has 0 saturated carbocycles. The lowest BCUT2D eigenvalue weighted by Crippen LogP contribution is -2.46. The van der Waals surface area contributed by atoms with Gasteiger partial charge >= 0.3 is 0 Å². The highest BCUT2D eigenvalue weighted by molar-refractivity contribution is 7.98. The van der Waals surface area contributed by atoms with Gasteiger partial charge in [-0.15, -0.1) is 11.8 Å². The molecule has 2 aliphatic rings. The van der Waals surface area contributed by atoms with E-state index < -0.39 is 0 Å². The molecular formula is C19H29N3O3S. The monoisotopic (exact) mass is 379 g/mol. The first kappa shape index (κ1) is 19.3. The average molecular weight is 380 g/mol. The molecule has 3 N–H and O–H groups in total. The maximum atomic E-state index is 11.8. The standard InChI is InChI=1S/C19H29N3O3S/c1-26-18-11-17-16(24-8-9-25-17)10-14(18)13-22-7-3-2-4-15(22)12-21-19(23)5-6-20/h10-11,15H,2-9,12-13,20H2,1H3,(H,21,23). The number of hydrogen-bond donors (Lipinski definition) is 2. The number of carbonyl (C=O) groups is 1. The number of nitrogens with one attached hydrogen (secondary N) is 1. The third-order valence-electron chi connectivity index (χ3n) is 4.97. The maximum absolute atomic E-state index is 11.8. The Balaban J connectivity index is 1.70. The molecule has 2 heterocycles. The van der Waals surface area contributed by atoms with Crippen molar-refractivity contribution in [3.63, 3.8) is 0 Å². The van der Waals surface area contributed by atoms with Crippen LogP contribution in [0.15, 0.2) is 17.0 Å². The van der Waals surface area contributed by atoms with E-state index >= 15 is 0 Å². The summed E-state index contributed by atoms with van der Waals surface area (Å²) in [5, 5.41) is 3.04. The predicted molar refractivity (Wildman–Crippen MR) is 104 cm³/mol. The second kappa shape index (κ2) is 9.48. The van der Waals surface area contributed by atoms with Gasteiger partial charge in [-0.3, -0.25) is 9.69 Å². The Morgan fingerprint density at radius 1 is 1.31 bits per heavy atom. The number of nitrogens with two attached hydrogens (primary N) is 1. The molecule has 2 aliphatic heterocycles. The van der Waals surface area contributed by atoms with E-state index in [4.69, 9.17) is 15.2 Å². The Bertz CT molecular complexity index is 626. The fraction of sp³-hybridized carbons (Fsp3) is 0.632. The Kier molecular flexibility index (Phi) is 7.05. The van der Waals surface area contributed by atoms with Crippen molar-refractivity contribution >= 4 is 17.7 Å². The van der Waals surface area contributed by atoms with Gasteiger partial charge in [0.25, 0.3) is 0 Å². The van der Waals surface area contributed by atoms with Gasteiger partial charge in [0.2, 0.25) is 5.91 Å². The lowest BCUT2D eigenvalue weighted by Gasteiger charge is -2.36. The predicted octanol–water partition coefficient (Wildman–Crippen LogP) is 2.00. The minimum absolute atomic E-state index is 0.0437. The number of thioether (sulfide) groups is 1. The van der Waals surface area contributed by atoms with Crippen LogP contribution in [-0.4, -0.2) is 56.0 Å². The van der Waals surface area contributed by atoms with E-state index in [0.29, 0.717) is 38.8 Å². The number of likely N-dealkylation sites (tertiary alicyclic amines) is 1. The zero-order chi connectivity index (χ0) is 18.4. The van der Waals surface area contributed by atoms with Crippen LogP contribution in [0.1, 0.15) is 31.2 Å². The number of fused-ring (bicyclic) bond motifs is 1. The molecule has 1 saturated heterocycles. The van der Waals surface area contributed by atoms with Crippen LogP contribution >= 0.6 is 11.8 Å². The number of benzene rings is 1. The fourth-order valence-electron chi connectivity index (χ4n) is 3.60. The number of ether oxygens (including phenoxy) is 2. The molecule has 7 heteroatoms. The average Bonchev–Trinajstić information content (AvgIpc) is 2.67. The molecule has 1 unspecified atom stereocenters. The molecule has 0 aliphatic carbocycles. The molecule has 0 aromatic heterocycles. The van der Waals surface area contributed by atoms with Crippen LogP contribution in [0, 0.1) is 0 Å². The van der Waals surface area contributed by atoms with E-state index in [9.17, 15) is 4.79 Å². The van der Waals surface area contributed by atoms with Gasteiger partial charge in [-0.25, -0.2) is 0 Å². The van der Waals surface area contributed by atoms with Crippen molar-refractivity contribution in [3.8, 4) is 11.5 Å². The van der Waals surface area contributed by atoms with Crippen molar-refractivity contribution in [3.05, 3.63) is 17.7 Å². The molecule has 0 radical (unpaired) electrons. The third-order valence-corrected chi connectivity index (χ3v) is 5.79. The Morgan fingerprint density at radius 3 is 2.81 bits per heavy atom. The van der Waals surface area contributed by atoms with Crippen LogP contribution in [0.5, 0.6) is 11.5 Å². The molecule has 1 amide bonds. The van der Waals surface area contributed by atoms with E-state index in [2.05, 4.69) is 28.6 Å². The summed E-state index contributed by atoms with van der Waals surface area (Å²) in [6.07, 6.45) is 6.01. The first-order valence-electron chi connectivity index (χ1n) is 9.38. The molecule has 144 valence electrons. The number of nitrogens with zero attached hydrogens (tertiary/aromatic N) is 1. The lowest BCUT2D eigenvalue weighted by atomic mass is 10.0. The molecule has 1 atom stereocenters. The van der Waals surface area contributed by atoms with Crippen molar-refractivity contribution < 1.29 is 14.3 Å². The number of hydrogen-bond acceptors (Lipinski definition) is 6. The largest absolute Gasteiger partial charge is 0.486 e. The van der Waals surface area contributed by atoms with Gasteiger partial charge < -0.3 is 20.5 Å². The van der Waals surface area contributed by atoms with Crippen LogP contribution < -0.4 is 20.5 Å². The van der Waals surface area contributed by atoms with Crippen LogP contribution in [0.25, 0.3) is 0 Å². The smallest absolute Gasteiger partial charge is 0.221 e. The van der Waals surface area contributed by atoms with E-state index in [0.717, 1.165) is 31.0 Å². The molecule has 3 rings (SSSR count). The summed E-state index contributed by atoms with van der Waals surface area (Å²) in [6.45, 7) is 4.22. The molecular weight excluding hydrogens is 350 g/mol. The molecule has 0 bridgehead atoms. The molecule has 1 fully saturated rings. The fourth-order valence-corrected chi connectivity index (χ4v) is 4.21. The molecule has 26 heavy (non-hydrogen) atoms. The molecule has 1 aromatic carbocycles. The minimum Gasteiger partial charge on any atom is -0.486 e. The lowest BCUT2D eigenvalue weighted by molar-refractivity contribution is -0.121.